The number of aryl methyl sites for hydroxylation is 1. The lowest BCUT2D eigenvalue weighted by Gasteiger charge is -2.18. The first-order chi connectivity index (χ1) is 8.08. The summed E-state index contributed by atoms with van der Waals surface area (Å²) in [4.78, 5) is 22.6. The zero-order valence-corrected chi connectivity index (χ0v) is 9.66. The Morgan fingerprint density at radius 3 is 2.88 bits per heavy atom. The number of benzene rings is 1. The molecule has 0 aromatic heterocycles. The minimum Gasteiger partial charge on any atom is -0.507 e. The molecule has 1 aromatic carbocycles. The van der Waals surface area contributed by atoms with Gasteiger partial charge >= 0.3 is 0 Å². The van der Waals surface area contributed by atoms with Gasteiger partial charge in [-0.25, -0.2) is 0 Å². The van der Waals surface area contributed by atoms with Crippen molar-refractivity contribution in [2.75, 3.05) is 6.61 Å². The van der Waals surface area contributed by atoms with E-state index in [-0.39, 0.29) is 29.3 Å². The molecule has 0 amide bonds. The van der Waals surface area contributed by atoms with Crippen molar-refractivity contribution < 1.29 is 19.4 Å². The first-order valence-electron chi connectivity index (χ1n) is 5.59. The molecule has 0 spiro atoms. The molecule has 0 saturated heterocycles. The average molecular weight is 234 g/mol. The maximum atomic E-state index is 11.7. The van der Waals surface area contributed by atoms with Crippen LogP contribution in [0.15, 0.2) is 12.1 Å². The summed E-state index contributed by atoms with van der Waals surface area (Å²) in [7, 11) is 0. The Labute approximate surface area is 99.2 Å². The van der Waals surface area contributed by atoms with Crippen LogP contribution in [0.25, 0.3) is 0 Å². The van der Waals surface area contributed by atoms with E-state index in [0.29, 0.717) is 12.4 Å². The SMILES string of the molecule is CC(=O)CC(=O)c1cc2c(cc1O)CCCO2. The number of carbonyl (C=O) groups is 2. The number of hydrogen-bond donors (Lipinski definition) is 1. The molecule has 0 aliphatic carbocycles. The number of phenolic OH excluding ortho intramolecular Hbond substituents is 1. The normalized spacial score (nSPS) is 13.7. The first-order valence-corrected chi connectivity index (χ1v) is 5.59. The number of fused-ring (bicyclic) bond motifs is 1. The fourth-order valence-electron chi connectivity index (χ4n) is 1.93. The predicted molar refractivity (Wildman–Crippen MR) is 61.6 cm³/mol. The second-order valence-electron chi connectivity index (χ2n) is 4.23. The molecule has 1 aliphatic rings. The van der Waals surface area contributed by atoms with E-state index in [9.17, 15) is 14.7 Å². The minimum absolute atomic E-state index is 0.0690. The van der Waals surface area contributed by atoms with Gasteiger partial charge in [0.1, 0.15) is 17.3 Å². The largest absolute Gasteiger partial charge is 0.507 e. The summed E-state index contributed by atoms with van der Waals surface area (Å²) in [6.07, 6.45) is 1.56. The topological polar surface area (TPSA) is 63.6 Å². The summed E-state index contributed by atoms with van der Waals surface area (Å²) >= 11 is 0. The van der Waals surface area contributed by atoms with Gasteiger partial charge in [0.25, 0.3) is 0 Å². The number of Topliss-reactive ketones (excluding diaryl/α,β-unsaturated/α-hetero) is 2. The van der Waals surface area contributed by atoms with E-state index in [1.54, 1.807) is 6.07 Å². The van der Waals surface area contributed by atoms with Gasteiger partial charge in [-0.1, -0.05) is 0 Å². The van der Waals surface area contributed by atoms with Gasteiger partial charge in [0.2, 0.25) is 0 Å². The number of ether oxygens (including phenoxy) is 1. The third-order valence-electron chi connectivity index (χ3n) is 2.74. The third-order valence-corrected chi connectivity index (χ3v) is 2.74. The molecule has 1 N–H and O–H groups in total. The molecular formula is C13H14O4. The van der Waals surface area contributed by atoms with E-state index in [1.165, 1.54) is 13.0 Å². The van der Waals surface area contributed by atoms with Gasteiger partial charge in [0.15, 0.2) is 5.78 Å². The van der Waals surface area contributed by atoms with Gasteiger partial charge in [0.05, 0.1) is 18.6 Å². The molecule has 0 unspecified atom stereocenters. The molecule has 0 saturated carbocycles. The quantitative estimate of drug-likeness (QED) is 0.640. The van der Waals surface area contributed by atoms with Crippen molar-refractivity contribution in [1.82, 2.24) is 0 Å². The lowest BCUT2D eigenvalue weighted by atomic mass is 9.99. The molecule has 90 valence electrons. The second kappa shape index (κ2) is 4.57. The molecule has 1 aromatic rings. The van der Waals surface area contributed by atoms with Crippen LogP contribution in [0.5, 0.6) is 11.5 Å². The average Bonchev–Trinajstić information content (AvgIpc) is 2.27. The summed E-state index contributed by atoms with van der Waals surface area (Å²) in [5, 5.41) is 9.76. The molecular weight excluding hydrogens is 220 g/mol. The highest BCUT2D eigenvalue weighted by molar-refractivity contribution is 6.09. The van der Waals surface area contributed by atoms with Crippen molar-refractivity contribution in [3.63, 3.8) is 0 Å². The van der Waals surface area contributed by atoms with Crippen molar-refractivity contribution in [3.8, 4) is 11.5 Å². The van der Waals surface area contributed by atoms with Crippen LogP contribution in [-0.4, -0.2) is 23.3 Å². The Balaban J connectivity index is 2.34. The molecule has 0 fully saturated rings. The van der Waals surface area contributed by atoms with Crippen molar-refractivity contribution in [2.45, 2.75) is 26.2 Å². The fourth-order valence-corrected chi connectivity index (χ4v) is 1.93. The Morgan fingerprint density at radius 2 is 2.18 bits per heavy atom. The number of phenols is 1. The lowest BCUT2D eigenvalue weighted by Crippen LogP contribution is -2.11. The van der Waals surface area contributed by atoms with E-state index in [1.807, 2.05) is 0 Å². The van der Waals surface area contributed by atoms with Crippen molar-refractivity contribution in [3.05, 3.63) is 23.3 Å². The summed E-state index contributed by atoms with van der Waals surface area (Å²) in [5.41, 5.74) is 1.08. The van der Waals surface area contributed by atoms with Crippen LogP contribution in [0, 0.1) is 0 Å². The molecule has 0 radical (unpaired) electrons. The van der Waals surface area contributed by atoms with Crippen LogP contribution in [0.4, 0.5) is 0 Å². The highest BCUT2D eigenvalue weighted by Crippen LogP contribution is 2.32. The minimum atomic E-state index is -0.369. The van der Waals surface area contributed by atoms with Crippen LogP contribution in [-0.2, 0) is 11.2 Å². The number of hydrogen-bond acceptors (Lipinski definition) is 4. The van der Waals surface area contributed by atoms with Crippen molar-refractivity contribution in [2.24, 2.45) is 0 Å². The van der Waals surface area contributed by atoms with Gasteiger partial charge < -0.3 is 9.84 Å². The Kier molecular flexibility index (Phi) is 3.13. The third kappa shape index (κ3) is 2.46. The molecule has 1 heterocycles. The smallest absolute Gasteiger partial charge is 0.174 e. The molecule has 0 atom stereocenters. The highest BCUT2D eigenvalue weighted by atomic mass is 16.5. The molecule has 0 bridgehead atoms. The fraction of sp³-hybridized carbons (Fsp3) is 0.385. The maximum absolute atomic E-state index is 11.7. The summed E-state index contributed by atoms with van der Waals surface area (Å²) < 4.78 is 5.43. The predicted octanol–water partition coefficient (Wildman–Crippen LogP) is 1.88. The van der Waals surface area contributed by atoms with E-state index in [2.05, 4.69) is 0 Å². The molecule has 1 aliphatic heterocycles. The highest BCUT2D eigenvalue weighted by Gasteiger charge is 2.19. The summed E-state index contributed by atoms with van der Waals surface area (Å²) in [6.45, 7) is 1.97. The number of ketones is 2. The van der Waals surface area contributed by atoms with Crippen LogP contribution in [0.1, 0.15) is 35.7 Å². The van der Waals surface area contributed by atoms with Crippen LogP contribution in [0.2, 0.25) is 0 Å². The van der Waals surface area contributed by atoms with Crippen molar-refractivity contribution in [1.29, 1.82) is 0 Å². The summed E-state index contributed by atoms with van der Waals surface area (Å²) in [5.74, 6) is -0.0125. The Hall–Kier alpha value is -1.84. The van der Waals surface area contributed by atoms with Gasteiger partial charge in [-0.05, 0) is 37.5 Å². The molecule has 4 nitrogen and oxygen atoms in total. The van der Waals surface area contributed by atoms with E-state index >= 15 is 0 Å². The second-order valence-corrected chi connectivity index (χ2v) is 4.23. The molecule has 2 rings (SSSR count). The maximum Gasteiger partial charge on any atom is 0.174 e. The van der Waals surface area contributed by atoms with E-state index in [4.69, 9.17) is 4.74 Å². The van der Waals surface area contributed by atoms with Crippen LogP contribution >= 0.6 is 0 Å². The monoisotopic (exact) mass is 234 g/mol. The van der Waals surface area contributed by atoms with Gasteiger partial charge in [-0.2, -0.15) is 0 Å². The number of aromatic hydroxyl groups is 1. The van der Waals surface area contributed by atoms with Gasteiger partial charge in [-0.3, -0.25) is 9.59 Å². The molecule has 4 heteroatoms. The van der Waals surface area contributed by atoms with Gasteiger partial charge in [0, 0.05) is 0 Å². The number of rotatable bonds is 3. The first kappa shape index (κ1) is 11.6. The zero-order chi connectivity index (χ0) is 12.4. The van der Waals surface area contributed by atoms with Gasteiger partial charge in [-0.15, -0.1) is 0 Å². The van der Waals surface area contributed by atoms with Crippen LogP contribution < -0.4 is 4.74 Å². The van der Waals surface area contributed by atoms with Crippen molar-refractivity contribution >= 4 is 11.6 Å². The van der Waals surface area contributed by atoms with E-state index in [0.717, 1.165) is 18.4 Å². The standard InChI is InChI=1S/C13H14O4/c1-8(14)5-11(15)10-7-13-9(6-12(10)16)3-2-4-17-13/h6-7,16H,2-5H2,1H3. The number of carbonyl (C=O) groups excluding carboxylic acids is 2. The van der Waals surface area contributed by atoms with Crippen LogP contribution in [0.3, 0.4) is 0 Å². The Morgan fingerprint density at radius 1 is 1.41 bits per heavy atom. The Bertz CT molecular complexity index is 477. The lowest BCUT2D eigenvalue weighted by molar-refractivity contribution is -0.116. The summed E-state index contributed by atoms with van der Waals surface area (Å²) in [6, 6.07) is 3.09. The zero-order valence-electron chi connectivity index (χ0n) is 9.66. The molecule has 17 heavy (non-hydrogen) atoms. The van der Waals surface area contributed by atoms with E-state index < -0.39 is 0 Å².